The van der Waals surface area contributed by atoms with Gasteiger partial charge in [0.05, 0.1) is 43.5 Å². The third-order valence-electron chi connectivity index (χ3n) is 3.74. The number of quaternary nitrogens is 1. The van der Waals surface area contributed by atoms with Gasteiger partial charge in [0.15, 0.2) is 0 Å². The van der Waals surface area contributed by atoms with Gasteiger partial charge in [0.2, 0.25) is 0 Å². The van der Waals surface area contributed by atoms with Crippen LogP contribution in [0.25, 0.3) is 0 Å². The highest BCUT2D eigenvalue weighted by atomic mass is 35.5. The highest BCUT2D eigenvalue weighted by Gasteiger charge is 2.23. The second kappa shape index (κ2) is 7.73. The zero-order chi connectivity index (χ0) is 14.7. The van der Waals surface area contributed by atoms with Gasteiger partial charge in [0, 0.05) is 24.9 Å². The first-order valence-electron chi connectivity index (χ1n) is 6.76. The minimum atomic E-state index is -0.159. The number of likely N-dealkylation sites (tertiary alicyclic amines) is 1. The van der Waals surface area contributed by atoms with Crippen LogP contribution in [0.15, 0.2) is 12.1 Å². The normalized spacial score (nSPS) is 21.3. The van der Waals surface area contributed by atoms with Crippen LogP contribution in [-0.4, -0.2) is 39.2 Å². The molecule has 1 heterocycles. The average molecular weight is 334 g/mol. The lowest BCUT2D eigenvalue weighted by atomic mass is 10.0. The molecule has 118 valence electrons. The lowest BCUT2D eigenvalue weighted by Crippen LogP contribution is -3.10. The van der Waals surface area contributed by atoms with Crippen molar-refractivity contribution in [3.8, 4) is 5.75 Å². The van der Waals surface area contributed by atoms with E-state index in [2.05, 4.69) is 12.4 Å². The number of hydrogen-bond acceptors (Lipinski definition) is 3. The Morgan fingerprint density at radius 2 is 2.05 bits per heavy atom. The molecule has 1 aliphatic rings. The number of amides is 1. The van der Waals surface area contributed by atoms with Crippen molar-refractivity contribution >= 4 is 23.2 Å². The molecule has 0 aromatic heterocycles. The maximum Gasteiger partial charge on any atom is 0.255 e. The minimum Gasteiger partial charge on any atom is -1.00 e. The summed E-state index contributed by atoms with van der Waals surface area (Å²) >= 11 is 5.98. The van der Waals surface area contributed by atoms with Crippen LogP contribution in [0.1, 0.15) is 23.2 Å². The number of nitrogen functional groups attached to an aromatic ring is 1. The van der Waals surface area contributed by atoms with Crippen molar-refractivity contribution in [3.63, 3.8) is 0 Å². The SMILES string of the molecule is COc1cc(N)c(Cl)cc1C(=O)NC1CC[NH+](C)CC1.[Cl-]. The molecular formula is C14H21Cl2N3O2. The van der Waals surface area contributed by atoms with Gasteiger partial charge >= 0.3 is 0 Å². The number of nitrogens with two attached hydrogens (primary N) is 1. The Bertz CT molecular complexity index is 503. The van der Waals surface area contributed by atoms with Gasteiger partial charge in [0.25, 0.3) is 5.91 Å². The second-order valence-corrected chi connectivity index (χ2v) is 5.69. The maximum absolute atomic E-state index is 12.3. The second-order valence-electron chi connectivity index (χ2n) is 5.28. The van der Waals surface area contributed by atoms with Crippen LogP contribution in [0.2, 0.25) is 5.02 Å². The number of nitrogens with one attached hydrogen (secondary N) is 2. The van der Waals surface area contributed by atoms with E-state index in [4.69, 9.17) is 22.1 Å². The molecule has 1 saturated heterocycles. The Labute approximate surface area is 136 Å². The van der Waals surface area contributed by atoms with Gasteiger partial charge in [-0.3, -0.25) is 4.79 Å². The third-order valence-corrected chi connectivity index (χ3v) is 4.07. The van der Waals surface area contributed by atoms with Crippen molar-refractivity contribution in [2.24, 2.45) is 0 Å². The number of carbonyl (C=O) groups excluding carboxylic acids is 1. The Hall–Kier alpha value is -1.17. The molecule has 0 unspecified atom stereocenters. The molecule has 0 bridgehead atoms. The van der Waals surface area contributed by atoms with Gasteiger partial charge < -0.3 is 33.1 Å². The molecule has 1 aromatic carbocycles. The molecule has 1 aliphatic heterocycles. The van der Waals surface area contributed by atoms with Gasteiger partial charge in [-0.15, -0.1) is 0 Å². The summed E-state index contributed by atoms with van der Waals surface area (Å²) in [5.41, 5.74) is 6.55. The lowest BCUT2D eigenvalue weighted by Gasteiger charge is -2.27. The average Bonchev–Trinajstić information content (AvgIpc) is 2.43. The van der Waals surface area contributed by atoms with Gasteiger partial charge in [-0.1, -0.05) is 11.6 Å². The first-order valence-corrected chi connectivity index (χ1v) is 7.14. The monoisotopic (exact) mass is 333 g/mol. The number of benzene rings is 1. The molecule has 7 heteroatoms. The number of halogens is 2. The van der Waals surface area contributed by atoms with Crippen LogP contribution in [0.3, 0.4) is 0 Å². The van der Waals surface area contributed by atoms with E-state index in [1.807, 2.05) is 0 Å². The minimum absolute atomic E-state index is 0. The summed E-state index contributed by atoms with van der Waals surface area (Å²) in [5.74, 6) is 0.288. The van der Waals surface area contributed by atoms with Gasteiger partial charge in [-0.05, 0) is 6.07 Å². The quantitative estimate of drug-likeness (QED) is 0.529. The van der Waals surface area contributed by atoms with Crippen LogP contribution in [-0.2, 0) is 0 Å². The molecule has 1 aromatic rings. The standard InChI is InChI=1S/C14H20ClN3O2.ClH/c1-18-5-3-9(4-6-18)17-14(19)10-7-11(15)12(16)8-13(10)20-2;/h7-9H,3-6,16H2,1-2H3,(H,17,19);1H. The first kappa shape index (κ1) is 17.9. The third kappa shape index (κ3) is 4.40. The van der Waals surface area contributed by atoms with E-state index in [0.29, 0.717) is 22.0 Å². The van der Waals surface area contributed by atoms with Crippen molar-refractivity contribution in [1.82, 2.24) is 5.32 Å². The van der Waals surface area contributed by atoms with Crippen LogP contribution in [0.4, 0.5) is 5.69 Å². The molecule has 2 rings (SSSR count). The number of ether oxygens (including phenoxy) is 1. The summed E-state index contributed by atoms with van der Waals surface area (Å²) in [6, 6.07) is 3.36. The molecule has 1 fully saturated rings. The lowest BCUT2D eigenvalue weighted by molar-refractivity contribution is -0.884. The van der Waals surface area contributed by atoms with E-state index in [1.165, 1.54) is 12.0 Å². The predicted molar refractivity (Wildman–Crippen MR) is 79.5 cm³/mol. The summed E-state index contributed by atoms with van der Waals surface area (Å²) in [7, 11) is 3.68. The fraction of sp³-hybridized carbons (Fsp3) is 0.500. The number of piperidine rings is 1. The highest BCUT2D eigenvalue weighted by Crippen LogP contribution is 2.28. The number of carbonyl (C=O) groups is 1. The molecule has 4 N–H and O–H groups in total. The van der Waals surface area contributed by atoms with Crippen molar-refractivity contribution in [1.29, 1.82) is 0 Å². The van der Waals surface area contributed by atoms with Crippen LogP contribution in [0.5, 0.6) is 5.75 Å². The van der Waals surface area contributed by atoms with E-state index >= 15 is 0 Å². The molecule has 21 heavy (non-hydrogen) atoms. The summed E-state index contributed by atoms with van der Waals surface area (Å²) in [5, 5.41) is 3.41. The van der Waals surface area contributed by atoms with E-state index in [1.54, 1.807) is 12.1 Å². The van der Waals surface area contributed by atoms with Crippen molar-refractivity contribution in [2.75, 3.05) is 33.0 Å². The van der Waals surface area contributed by atoms with Crippen molar-refractivity contribution < 1.29 is 26.8 Å². The Kier molecular flexibility index (Phi) is 6.58. The Morgan fingerprint density at radius 3 is 2.62 bits per heavy atom. The van der Waals surface area contributed by atoms with Crippen molar-refractivity contribution in [2.45, 2.75) is 18.9 Å². The van der Waals surface area contributed by atoms with E-state index < -0.39 is 0 Å². The van der Waals surface area contributed by atoms with E-state index in [-0.39, 0.29) is 24.4 Å². The molecule has 0 radical (unpaired) electrons. The zero-order valence-corrected chi connectivity index (χ0v) is 13.7. The van der Waals surface area contributed by atoms with Gasteiger partial charge in [-0.25, -0.2) is 0 Å². The van der Waals surface area contributed by atoms with Gasteiger partial charge in [-0.2, -0.15) is 0 Å². The molecule has 1 amide bonds. The summed E-state index contributed by atoms with van der Waals surface area (Å²) in [6.07, 6.45) is 1.98. The summed E-state index contributed by atoms with van der Waals surface area (Å²) in [6.45, 7) is 2.15. The molecular weight excluding hydrogens is 313 g/mol. The van der Waals surface area contributed by atoms with Crippen LogP contribution >= 0.6 is 11.6 Å². The largest absolute Gasteiger partial charge is 1.00 e. The maximum atomic E-state index is 12.3. The summed E-state index contributed by atoms with van der Waals surface area (Å²) < 4.78 is 5.20. The number of anilines is 1. The van der Waals surface area contributed by atoms with E-state index in [9.17, 15) is 4.79 Å². The smallest absolute Gasteiger partial charge is 0.255 e. The Balaban J connectivity index is 0.00000220. The Morgan fingerprint density at radius 1 is 1.43 bits per heavy atom. The number of rotatable bonds is 3. The number of hydrogen-bond donors (Lipinski definition) is 3. The molecule has 0 aliphatic carbocycles. The topological polar surface area (TPSA) is 68.8 Å². The molecule has 0 spiro atoms. The summed E-state index contributed by atoms with van der Waals surface area (Å²) in [4.78, 5) is 13.8. The zero-order valence-electron chi connectivity index (χ0n) is 12.2. The molecule has 0 atom stereocenters. The first-order chi connectivity index (χ1) is 9.51. The van der Waals surface area contributed by atoms with E-state index in [0.717, 1.165) is 25.9 Å². The highest BCUT2D eigenvalue weighted by molar-refractivity contribution is 6.33. The molecule has 5 nitrogen and oxygen atoms in total. The molecule has 0 saturated carbocycles. The number of methoxy groups -OCH3 is 1. The van der Waals surface area contributed by atoms with Gasteiger partial charge in [0.1, 0.15) is 5.75 Å². The van der Waals surface area contributed by atoms with Crippen molar-refractivity contribution in [3.05, 3.63) is 22.7 Å². The van der Waals surface area contributed by atoms with Crippen LogP contribution < -0.4 is 33.1 Å². The predicted octanol–water partition coefficient (Wildman–Crippen LogP) is -2.66. The fourth-order valence-electron chi connectivity index (χ4n) is 2.43. The van der Waals surface area contributed by atoms with Crippen LogP contribution in [0, 0.1) is 0 Å². The fourth-order valence-corrected chi connectivity index (χ4v) is 2.60.